The van der Waals surface area contributed by atoms with E-state index in [1.54, 1.807) is 9.58 Å². The molecule has 1 rings (SSSR count). The Kier molecular flexibility index (Phi) is 5.56. The molecule has 0 aliphatic rings. The molecule has 0 saturated carbocycles. The van der Waals surface area contributed by atoms with Crippen LogP contribution >= 0.6 is 0 Å². The van der Waals surface area contributed by atoms with Crippen molar-refractivity contribution in [2.45, 2.75) is 40.7 Å². The van der Waals surface area contributed by atoms with Gasteiger partial charge in [-0.1, -0.05) is 13.8 Å². The largest absolute Gasteiger partial charge is 0.396 e. The summed E-state index contributed by atoms with van der Waals surface area (Å²) >= 11 is 0. The molecule has 0 fully saturated rings. The van der Waals surface area contributed by atoms with Crippen molar-refractivity contribution < 1.29 is 4.79 Å². The highest BCUT2D eigenvalue weighted by atomic mass is 16.2. The number of hydrogen-bond acceptors (Lipinski definition) is 4. The predicted molar refractivity (Wildman–Crippen MR) is 77.8 cm³/mol. The third-order valence-corrected chi connectivity index (χ3v) is 3.15. The van der Waals surface area contributed by atoms with Crippen LogP contribution in [0.1, 0.15) is 31.7 Å². The van der Waals surface area contributed by atoms with Gasteiger partial charge in [-0.15, -0.1) is 0 Å². The van der Waals surface area contributed by atoms with Crippen LogP contribution in [-0.4, -0.2) is 33.7 Å². The van der Waals surface area contributed by atoms with Gasteiger partial charge in [-0.2, -0.15) is 10.4 Å². The van der Waals surface area contributed by atoms with E-state index in [1.807, 2.05) is 27.7 Å². The second-order valence-electron chi connectivity index (χ2n) is 5.38. The third kappa shape index (κ3) is 3.98. The lowest BCUT2D eigenvalue weighted by Crippen LogP contribution is -2.37. The molecule has 1 amide bonds. The number of nitrogens with two attached hydrogens (primary N) is 1. The number of aromatic nitrogens is 2. The van der Waals surface area contributed by atoms with Crippen LogP contribution in [-0.2, 0) is 11.3 Å². The highest BCUT2D eigenvalue weighted by Crippen LogP contribution is 2.15. The smallest absolute Gasteiger partial charge is 0.244 e. The number of aryl methyl sites for hydroxylation is 1. The molecule has 6 heteroatoms. The number of rotatable bonds is 6. The maximum absolute atomic E-state index is 12.3. The molecule has 0 spiro atoms. The van der Waals surface area contributed by atoms with Crippen LogP contribution in [0.5, 0.6) is 0 Å². The molecule has 0 aliphatic heterocycles. The first-order valence-corrected chi connectivity index (χ1v) is 6.81. The molecular weight excluding hydrogens is 254 g/mol. The second-order valence-corrected chi connectivity index (χ2v) is 5.38. The van der Waals surface area contributed by atoms with E-state index in [-0.39, 0.29) is 12.5 Å². The van der Waals surface area contributed by atoms with Crippen LogP contribution in [0.25, 0.3) is 0 Å². The number of carbonyl (C=O) groups is 1. The van der Waals surface area contributed by atoms with Crippen molar-refractivity contribution in [2.75, 3.05) is 18.8 Å². The van der Waals surface area contributed by atoms with Gasteiger partial charge in [0.2, 0.25) is 5.91 Å². The fraction of sp³-hybridized carbons (Fsp3) is 0.643. The molecule has 0 unspecified atom stereocenters. The standard InChI is InChI=1S/C14H23N5O/c1-10(2)8-18(7-5-6-15)13(20)9-19-12(4)14(16)11(3)17-19/h10H,5,7-9,16H2,1-4H3. The van der Waals surface area contributed by atoms with Gasteiger partial charge in [0.05, 0.1) is 29.6 Å². The maximum atomic E-state index is 12.3. The van der Waals surface area contributed by atoms with E-state index < -0.39 is 0 Å². The average molecular weight is 277 g/mol. The first-order valence-electron chi connectivity index (χ1n) is 6.81. The molecule has 110 valence electrons. The summed E-state index contributed by atoms with van der Waals surface area (Å²) in [6.45, 7) is 9.05. The lowest BCUT2D eigenvalue weighted by Gasteiger charge is -2.23. The monoisotopic (exact) mass is 277 g/mol. The summed E-state index contributed by atoms with van der Waals surface area (Å²) in [5, 5.41) is 13.0. The van der Waals surface area contributed by atoms with E-state index in [1.165, 1.54) is 0 Å². The fourth-order valence-electron chi connectivity index (χ4n) is 2.04. The second kappa shape index (κ2) is 6.94. The molecule has 0 saturated heterocycles. The molecule has 0 atom stereocenters. The van der Waals surface area contributed by atoms with Gasteiger partial charge in [0.25, 0.3) is 0 Å². The van der Waals surface area contributed by atoms with Crippen molar-refractivity contribution in [2.24, 2.45) is 5.92 Å². The topological polar surface area (TPSA) is 87.9 Å². The number of amides is 1. The number of nitrogen functional groups attached to an aromatic ring is 1. The minimum Gasteiger partial charge on any atom is -0.396 e. The zero-order valence-electron chi connectivity index (χ0n) is 12.7. The fourth-order valence-corrected chi connectivity index (χ4v) is 2.04. The van der Waals surface area contributed by atoms with Gasteiger partial charge >= 0.3 is 0 Å². The Morgan fingerprint density at radius 1 is 1.50 bits per heavy atom. The van der Waals surface area contributed by atoms with Gasteiger partial charge in [-0.05, 0) is 19.8 Å². The van der Waals surface area contributed by atoms with Gasteiger partial charge in [0, 0.05) is 13.1 Å². The van der Waals surface area contributed by atoms with E-state index in [4.69, 9.17) is 11.0 Å². The molecule has 0 aromatic carbocycles. The highest BCUT2D eigenvalue weighted by Gasteiger charge is 2.17. The van der Waals surface area contributed by atoms with Crippen molar-refractivity contribution in [3.05, 3.63) is 11.4 Å². The zero-order valence-corrected chi connectivity index (χ0v) is 12.7. The first kappa shape index (κ1) is 16.0. The van der Waals surface area contributed by atoms with Crippen molar-refractivity contribution >= 4 is 11.6 Å². The van der Waals surface area contributed by atoms with Crippen LogP contribution in [0.4, 0.5) is 5.69 Å². The normalized spacial score (nSPS) is 10.6. The Labute approximate surface area is 120 Å². The molecule has 0 bridgehead atoms. The van der Waals surface area contributed by atoms with Gasteiger partial charge in [-0.3, -0.25) is 9.48 Å². The summed E-state index contributed by atoms with van der Waals surface area (Å²) < 4.78 is 1.63. The van der Waals surface area contributed by atoms with Crippen LogP contribution < -0.4 is 5.73 Å². The van der Waals surface area contributed by atoms with Gasteiger partial charge in [-0.25, -0.2) is 0 Å². The number of anilines is 1. The Bertz CT molecular complexity index is 512. The number of nitriles is 1. The summed E-state index contributed by atoms with van der Waals surface area (Å²) in [6.07, 6.45) is 0.345. The third-order valence-electron chi connectivity index (χ3n) is 3.15. The summed E-state index contributed by atoms with van der Waals surface area (Å²) in [4.78, 5) is 14.1. The molecule has 6 nitrogen and oxygen atoms in total. The minimum absolute atomic E-state index is 0.0282. The molecule has 2 N–H and O–H groups in total. The molecule has 1 heterocycles. The molecular formula is C14H23N5O. The maximum Gasteiger partial charge on any atom is 0.244 e. The molecule has 20 heavy (non-hydrogen) atoms. The number of carbonyl (C=O) groups excluding carboxylic acids is 1. The lowest BCUT2D eigenvalue weighted by molar-refractivity contribution is -0.132. The van der Waals surface area contributed by atoms with E-state index in [2.05, 4.69) is 11.2 Å². The van der Waals surface area contributed by atoms with Crippen LogP contribution in [0.3, 0.4) is 0 Å². The van der Waals surface area contributed by atoms with Crippen LogP contribution in [0.2, 0.25) is 0 Å². The SMILES string of the molecule is Cc1nn(CC(=O)N(CCC#N)CC(C)C)c(C)c1N. The van der Waals surface area contributed by atoms with Gasteiger partial charge in [0.1, 0.15) is 6.54 Å². The summed E-state index contributed by atoms with van der Waals surface area (Å²) in [6, 6.07) is 2.08. The Morgan fingerprint density at radius 2 is 2.15 bits per heavy atom. The zero-order chi connectivity index (χ0) is 15.3. The summed E-state index contributed by atoms with van der Waals surface area (Å²) in [5.74, 6) is 0.336. The highest BCUT2D eigenvalue weighted by molar-refractivity contribution is 5.76. The van der Waals surface area contributed by atoms with Crippen molar-refractivity contribution in [3.8, 4) is 6.07 Å². The number of hydrogen-bond donors (Lipinski definition) is 1. The van der Waals surface area contributed by atoms with E-state index >= 15 is 0 Å². The van der Waals surface area contributed by atoms with Crippen molar-refractivity contribution in [1.82, 2.24) is 14.7 Å². The molecule has 1 aromatic rings. The first-order chi connectivity index (χ1) is 9.36. The molecule has 1 aromatic heterocycles. The van der Waals surface area contributed by atoms with Crippen molar-refractivity contribution in [1.29, 1.82) is 5.26 Å². The van der Waals surface area contributed by atoms with Crippen LogP contribution in [0.15, 0.2) is 0 Å². The molecule has 0 aliphatic carbocycles. The molecule has 0 radical (unpaired) electrons. The Morgan fingerprint density at radius 3 is 2.60 bits per heavy atom. The minimum atomic E-state index is -0.0282. The average Bonchev–Trinajstić information content (AvgIpc) is 2.61. The predicted octanol–water partition coefficient (Wildman–Crippen LogP) is 1.48. The quantitative estimate of drug-likeness (QED) is 0.853. The summed E-state index contributed by atoms with van der Waals surface area (Å²) in [5.41, 5.74) is 8.04. The number of nitrogens with zero attached hydrogens (tertiary/aromatic N) is 4. The van der Waals surface area contributed by atoms with E-state index in [9.17, 15) is 4.79 Å². The van der Waals surface area contributed by atoms with Gasteiger partial charge < -0.3 is 10.6 Å². The lowest BCUT2D eigenvalue weighted by atomic mass is 10.2. The Hall–Kier alpha value is -2.03. The van der Waals surface area contributed by atoms with Crippen LogP contribution in [0, 0.1) is 31.1 Å². The van der Waals surface area contributed by atoms with Gasteiger partial charge in [0.15, 0.2) is 0 Å². The van der Waals surface area contributed by atoms with Crippen molar-refractivity contribution in [3.63, 3.8) is 0 Å². The Balaban J connectivity index is 2.79. The van der Waals surface area contributed by atoms with E-state index in [0.717, 1.165) is 11.4 Å². The van der Waals surface area contributed by atoms with E-state index in [0.29, 0.717) is 31.1 Å². The summed E-state index contributed by atoms with van der Waals surface area (Å²) in [7, 11) is 0.